The van der Waals surface area contributed by atoms with E-state index >= 15 is 0 Å². The van der Waals surface area contributed by atoms with Gasteiger partial charge in [-0.25, -0.2) is 4.79 Å². The molecule has 2 amide bonds. The maximum Gasteiger partial charge on any atom is 0.408 e. The molecule has 0 aromatic heterocycles. The molecule has 1 aliphatic heterocycles. The maximum absolute atomic E-state index is 13.3. The van der Waals surface area contributed by atoms with Gasteiger partial charge < -0.3 is 14.8 Å². The zero-order valence-corrected chi connectivity index (χ0v) is 18.3. The fraction of sp³-hybridized carbons (Fsp3) is 0.333. The normalized spacial score (nSPS) is 16.1. The van der Waals surface area contributed by atoms with Crippen LogP contribution in [0.5, 0.6) is 0 Å². The summed E-state index contributed by atoms with van der Waals surface area (Å²) in [5, 5.41) is 2.47. The van der Waals surface area contributed by atoms with E-state index in [1.807, 2.05) is 30.3 Å². The first-order valence-electron chi connectivity index (χ1n) is 10.3. The Kier molecular flexibility index (Phi) is 6.92. The molecule has 8 heteroatoms. The van der Waals surface area contributed by atoms with Crippen LogP contribution < -0.4 is 10.2 Å². The van der Waals surface area contributed by atoms with Crippen LogP contribution in [0.4, 0.5) is 10.5 Å². The van der Waals surface area contributed by atoms with Crippen molar-refractivity contribution in [3.8, 4) is 0 Å². The molecule has 1 atom stereocenters. The number of nitrogens with zero attached hydrogens (tertiary/aromatic N) is 1. The molecule has 0 aliphatic carbocycles. The minimum atomic E-state index is -1.17. The van der Waals surface area contributed by atoms with Crippen LogP contribution in [0.3, 0.4) is 0 Å². The largest absolute Gasteiger partial charge is 0.459 e. The van der Waals surface area contributed by atoms with Gasteiger partial charge in [0.05, 0.1) is 5.69 Å². The topological polar surface area (TPSA) is 102 Å². The first-order chi connectivity index (χ1) is 15.1. The lowest BCUT2D eigenvalue weighted by Gasteiger charge is -2.26. The smallest absolute Gasteiger partial charge is 0.408 e. The van der Waals surface area contributed by atoms with Gasteiger partial charge in [0.15, 0.2) is 5.78 Å². The van der Waals surface area contributed by atoms with Crippen molar-refractivity contribution >= 4 is 29.4 Å². The van der Waals surface area contributed by atoms with Crippen LogP contribution in [-0.2, 0) is 25.7 Å². The Morgan fingerprint density at radius 2 is 1.69 bits per heavy atom. The number of hydrogen-bond acceptors (Lipinski definition) is 6. The van der Waals surface area contributed by atoms with Gasteiger partial charge >= 0.3 is 12.1 Å². The molecule has 0 saturated carbocycles. The number of carbonyl (C=O) groups excluding carboxylic acids is 4. The van der Waals surface area contributed by atoms with E-state index in [1.165, 1.54) is 4.90 Å². The minimum absolute atomic E-state index is 0.0574. The number of esters is 1. The van der Waals surface area contributed by atoms with Crippen LogP contribution in [0, 0.1) is 0 Å². The lowest BCUT2D eigenvalue weighted by Crippen LogP contribution is -2.50. The van der Waals surface area contributed by atoms with Crippen molar-refractivity contribution in [2.75, 3.05) is 11.4 Å². The highest BCUT2D eigenvalue weighted by atomic mass is 16.6. The number of nitrogens with one attached hydrogen (secondary N) is 1. The van der Waals surface area contributed by atoms with E-state index in [4.69, 9.17) is 9.47 Å². The fourth-order valence-corrected chi connectivity index (χ4v) is 3.27. The molecule has 0 fully saturated rings. The second-order valence-electron chi connectivity index (χ2n) is 8.41. The zero-order valence-electron chi connectivity index (χ0n) is 18.3. The van der Waals surface area contributed by atoms with E-state index < -0.39 is 36.2 Å². The third-order valence-corrected chi connectivity index (χ3v) is 4.67. The van der Waals surface area contributed by atoms with Gasteiger partial charge in [-0.05, 0) is 38.5 Å². The van der Waals surface area contributed by atoms with Crippen molar-refractivity contribution in [1.29, 1.82) is 0 Å². The highest BCUT2D eigenvalue weighted by molar-refractivity contribution is 6.14. The average molecular weight is 438 g/mol. The number of anilines is 1. The van der Waals surface area contributed by atoms with E-state index in [-0.39, 0.29) is 18.8 Å². The summed E-state index contributed by atoms with van der Waals surface area (Å²) in [6, 6.07) is 14.5. The van der Waals surface area contributed by atoms with Crippen molar-refractivity contribution in [2.24, 2.45) is 0 Å². The first kappa shape index (κ1) is 23.0. The Bertz CT molecular complexity index is 1010. The summed E-state index contributed by atoms with van der Waals surface area (Å²) in [5.41, 5.74) is 0.632. The molecular formula is C24H26N2O6. The molecule has 168 valence electrons. The van der Waals surface area contributed by atoms with E-state index in [0.29, 0.717) is 11.3 Å². The van der Waals surface area contributed by atoms with E-state index in [1.54, 1.807) is 45.0 Å². The number of alkyl carbamates (subject to hydrolysis) is 1. The summed E-state index contributed by atoms with van der Waals surface area (Å²) >= 11 is 0. The number of amides is 2. The Morgan fingerprint density at radius 1 is 1.03 bits per heavy atom. The molecule has 8 nitrogen and oxygen atoms in total. The average Bonchev–Trinajstić information content (AvgIpc) is 2.82. The van der Waals surface area contributed by atoms with Crippen LogP contribution in [0.2, 0.25) is 0 Å². The Balaban J connectivity index is 1.79. The molecule has 3 rings (SSSR count). The van der Waals surface area contributed by atoms with Gasteiger partial charge in [-0.1, -0.05) is 42.5 Å². The Labute approximate surface area is 186 Å². The number of ketones is 1. The van der Waals surface area contributed by atoms with Gasteiger partial charge in [0.25, 0.3) is 5.91 Å². The monoisotopic (exact) mass is 438 g/mol. The number of rotatable bonds is 5. The first-order valence-corrected chi connectivity index (χ1v) is 10.3. The van der Waals surface area contributed by atoms with Gasteiger partial charge in [-0.2, -0.15) is 0 Å². The number of fused-ring (bicyclic) bond motifs is 1. The maximum atomic E-state index is 13.3. The third kappa shape index (κ3) is 5.94. The summed E-state index contributed by atoms with van der Waals surface area (Å²) in [6.45, 7) is 4.73. The summed E-state index contributed by atoms with van der Waals surface area (Å²) in [6.07, 6.45) is -1.06. The van der Waals surface area contributed by atoms with Crippen LogP contribution >= 0.6 is 0 Å². The van der Waals surface area contributed by atoms with Crippen molar-refractivity contribution in [3.63, 3.8) is 0 Å². The predicted molar refractivity (Wildman–Crippen MR) is 117 cm³/mol. The van der Waals surface area contributed by atoms with Gasteiger partial charge in [0.2, 0.25) is 0 Å². The number of hydrogen-bond donors (Lipinski definition) is 1. The summed E-state index contributed by atoms with van der Waals surface area (Å²) < 4.78 is 10.5. The highest BCUT2D eigenvalue weighted by Crippen LogP contribution is 2.27. The second kappa shape index (κ2) is 9.64. The lowest BCUT2D eigenvalue weighted by atomic mass is 10.0. The third-order valence-electron chi connectivity index (χ3n) is 4.67. The predicted octanol–water partition coefficient (Wildman–Crippen LogP) is 3.24. The summed E-state index contributed by atoms with van der Waals surface area (Å²) in [5.74, 6) is -1.55. The van der Waals surface area contributed by atoms with Gasteiger partial charge in [-0.3, -0.25) is 19.3 Å². The number of benzene rings is 2. The molecule has 0 radical (unpaired) electrons. The van der Waals surface area contributed by atoms with Crippen LogP contribution in [0.15, 0.2) is 54.6 Å². The second-order valence-corrected chi connectivity index (χ2v) is 8.41. The van der Waals surface area contributed by atoms with Crippen molar-refractivity contribution in [3.05, 3.63) is 65.7 Å². The SMILES string of the molecule is CC(C)(C)OC(=O)NC1CC(=O)c2ccccc2N(CC(=O)OCc2ccccc2)C1=O. The molecular weight excluding hydrogens is 412 g/mol. The molecule has 0 saturated heterocycles. The standard InChI is InChI=1S/C24H26N2O6/c1-24(2,3)32-23(30)25-18-13-20(27)17-11-7-8-12-19(17)26(22(18)29)14-21(28)31-15-16-9-5-4-6-10-16/h4-12,18H,13-15H2,1-3H3,(H,25,30). The van der Waals surface area contributed by atoms with Crippen molar-refractivity contribution in [1.82, 2.24) is 5.32 Å². The number of ether oxygens (including phenoxy) is 2. The van der Waals surface area contributed by atoms with Gasteiger partial charge in [0, 0.05) is 12.0 Å². The lowest BCUT2D eigenvalue weighted by molar-refractivity contribution is -0.144. The Hall–Kier alpha value is -3.68. The van der Waals surface area contributed by atoms with E-state index in [0.717, 1.165) is 5.56 Å². The molecule has 2 aromatic rings. The summed E-state index contributed by atoms with van der Waals surface area (Å²) in [7, 11) is 0. The van der Waals surface area contributed by atoms with Gasteiger partial charge in [-0.15, -0.1) is 0 Å². The highest BCUT2D eigenvalue weighted by Gasteiger charge is 2.37. The Morgan fingerprint density at radius 3 is 2.38 bits per heavy atom. The molecule has 1 unspecified atom stereocenters. The fourth-order valence-electron chi connectivity index (χ4n) is 3.27. The molecule has 1 heterocycles. The number of Topliss-reactive ketones (excluding diaryl/α,β-unsaturated/α-hetero) is 1. The van der Waals surface area contributed by atoms with E-state index in [9.17, 15) is 19.2 Å². The molecule has 0 bridgehead atoms. The van der Waals surface area contributed by atoms with Crippen molar-refractivity contribution in [2.45, 2.75) is 45.4 Å². The van der Waals surface area contributed by atoms with Crippen LogP contribution in [-0.4, -0.2) is 41.9 Å². The molecule has 32 heavy (non-hydrogen) atoms. The molecule has 1 aliphatic rings. The quantitative estimate of drug-likeness (QED) is 0.719. The van der Waals surface area contributed by atoms with Crippen LogP contribution in [0.25, 0.3) is 0 Å². The minimum Gasteiger partial charge on any atom is -0.459 e. The number of carbonyl (C=O) groups is 4. The molecule has 2 aromatic carbocycles. The molecule has 1 N–H and O–H groups in total. The number of para-hydroxylation sites is 1. The zero-order chi connectivity index (χ0) is 23.3. The summed E-state index contributed by atoms with van der Waals surface area (Å²) in [4.78, 5) is 52.0. The van der Waals surface area contributed by atoms with Crippen molar-refractivity contribution < 1.29 is 28.7 Å². The van der Waals surface area contributed by atoms with Crippen LogP contribution in [0.1, 0.15) is 43.1 Å². The van der Waals surface area contributed by atoms with Gasteiger partial charge in [0.1, 0.15) is 24.8 Å². The van der Waals surface area contributed by atoms with E-state index in [2.05, 4.69) is 5.32 Å². The molecule has 0 spiro atoms.